The molecule has 0 saturated heterocycles. The first kappa shape index (κ1) is 32.9. The first-order chi connectivity index (χ1) is 28.6. The Hall–Kier alpha value is -6.10. The Kier molecular flexibility index (Phi) is 6.93. The topological polar surface area (TPSA) is 38.9 Å². The van der Waals surface area contributed by atoms with E-state index >= 15 is 0 Å². The molecule has 3 aromatic heterocycles. The fraction of sp³-hybridized carbons (Fsp3) is 0.185. The number of benzene rings is 7. The molecule has 1 spiro atoms. The number of furan rings is 1. The van der Waals surface area contributed by atoms with Crippen LogP contribution in [-0.2, 0) is 5.41 Å². The summed E-state index contributed by atoms with van der Waals surface area (Å²) in [6, 6.07) is 53.7. The maximum absolute atomic E-state index is 6.43. The lowest BCUT2D eigenvalue weighted by Crippen LogP contribution is -2.44. The number of para-hydroxylation sites is 1. The van der Waals surface area contributed by atoms with Crippen molar-refractivity contribution in [3.05, 3.63) is 157 Å². The van der Waals surface area contributed by atoms with E-state index in [4.69, 9.17) is 14.4 Å². The van der Waals surface area contributed by atoms with Gasteiger partial charge in [-0.25, -0.2) is 9.97 Å². The minimum atomic E-state index is -0.0137. The van der Waals surface area contributed by atoms with Gasteiger partial charge in [-0.15, -0.1) is 11.3 Å². The predicted molar refractivity (Wildman–Crippen MR) is 241 cm³/mol. The number of nitrogens with zero attached hydrogens (tertiary/aromatic N) is 2. The molecule has 58 heavy (non-hydrogen) atoms. The number of hydrogen-bond acceptors (Lipinski definition) is 4. The number of aromatic nitrogens is 2. The summed E-state index contributed by atoms with van der Waals surface area (Å²) >= 11 is 1.91. The van der Waals surface area contributed by atoms with Crippen molar-refractivity contribution in [3.8, 4) is 44.9 Å². The van der Waals surface area contributed by atoms with Crippen molar-refractivity contribution >= 4 is 64.4 Å². The summed E-state index contributed by atoms with van der Waals surface area (Å²) in [5.41, 5.74) is 13.9. The Labute approximate surface area is 341 Å². The van der Waals surface area contributed by atoms with Gasteiger partial charge in [0.1, 0.15) is 16.8 Å². The molecule has 0 amide bonds. The van der Waals surface area contributed by atoms with Crippen molar-refractivity contribution < 1.29 is 4.42 Å². The molecule has 2 fully saturated rings. The highest BCUT2D eigenvalue weighted by Crippen LogP contribution is 2.64. The number of hydrogen-bond donors (Lipinski definition) is 0. The molecule has 7 aromatic carbocycles. The maximum atomic E-state index is 6.43. The zero-order valence-corrected chi connectivity index (χ0v) is 33.2. The predicted octanol–water partition coefficient (Wildman–Crippen LogP) is 15.0. The summed E-state index contributed by atoms with van der Waals surface area (Å²) in [5, 5.41) is 6.35. The van der Waals surface area contributed by atoms with Crippen molar-refractivity contribution in [2.75, 3.05) is 0 Å². The average molecular weight is 765 g/mol. The first-order valence-electron chi connectivity index (χ1n) is 21.0. The number of fused-ring (bicyclic) bond motifs is 16. The van der Waals surface area contributed by atoms with Gasteiger partial charge in [-0.3, -0.25) is 0 Å². The van der Waals surface area contributed by atoms with Gasteiger partial charge in [-0.2, -0.15) is 0 Å². The van der Waals surface area contributed by atoms with Crippen LogP contribution >= 0.6 is 11.3 Å². The molecule has 3 heterocycles. The molecule has 4 atom stereocenters. The van der Waals surface area contributed by atoms with E-state index in [0.717, 1.165) is 56.6 Å². The van der Waals surface area contributed by atoms with Gasteiger partial charge in [0, 0.05) is 42.1 Å². The second-order valence-electron chi connectivity index (χ2n) is 17.4. The van der Waals surface area contributed by atoms with E-state index in [-0.39, 0.29) is 5.41 Å². The zero-order chi connectivity index (χ0) is 38.1. The van der Waals surface area contributed by atoms with Gasteiger partial charge in [-0.1, -0.05) is 116 Å². The number of rotatable bonds is 3. The summed E-state index contributed by atoms with van der Waals surface area (Å²) in [4.78, 5) is 10.5. The molecule has 4 heteroatoms. The molecule has 10 aromatic rings. The van der Waals surface area contributed by atoms with Crippen LogP contribution in [0.15, 0.2) is 150 Å². The van der Waals surface area contributed by atoms with Crippen molar-refractivity contribution in [3.63, 3.8) is 0 Å². The van der Waals surface area contributed by atoms with Crippen LogP contribution in [0, 0.1) is 17.8 Å². The average Bonchev–Trinajstić information content (AvgIpc) is 3.93. The molecule has 3 aliphatic rings. The van der Waals surface area contributed by atoms with Gasteiger partial charge in [-0.05, 0) is 130 Å². The van der Waals surface area contributed by atoms with Gasteiger partial charge in [0.05, 0.1) is 0 Å². The van der Waals surface area contributed by atoms with Gasteiger partial charge in [0.15, 0.2) is 11.4 Å². The lowest BCUT2D eigenvalue weighted by Gasteiger charge is -2.51. The van der Waals surface area contributed by atoms with Crippen LogP contribution < -0.4 is 0 Å². The second kappa shape index (κ2) is 12.2. The highest BCUT2D eigenvalue weighted by Gasteiger charge is 2.53. The minimum absolute atomic E-state index is 0.0137. The standard InChI is InChI=1S/C54H40N2OS/c1-31-25-32-23-24-54(38(26-31)27-32)45-29-34(35-16-21-42-41-11-6-8-14-47(41)58-48(42)30-35)15-20-40(45)43-22-17-36-28-37(18-19-39(36)49(43)54)53-55-50(33-9-3-2-4-10-33)52-51(56-53)44-12-5-7-13-46(44)57-52/h2-22,28-32,38H,23-27H2,1H3. The Morgan fingerprint density at radius 1 is 0.603 bits per heavy atom. The van der Waals surface area contributed by atoms with Crippen LogP contribution in [0.3, 0.4) is 0 Å². The molecule has 2 saturated carbocycles. The smallest absolute Gasteiger partial charge is 0.180 e. The highest BCUT2D eigenvalue weighted by atomic mass is 32.1. The molecule has 0 aliphatic heterocycles. The summed E-state index contributed by atoms with van der Waals surface area (Å²) in [6.07, 6.45) is 6.49. The molecular formula is C54H40N2OS. The van der Waals surface area contributed by atoms with Gasteiger partial charge < -0.3 is 4.42 Å². The zero-order valence-electron chi connectivity index (χ0n) is 32.3. The minimum Gasteiger partial charge on any atom is -0.452 e. The summed E-state index contributed by atoms with van der Waals surface area (Å²) in [7, 11) is 0. The van der Waals surface area contributed by atoms with Gasteiger partial charge in [0.2, 0.25) is 0 Å². The summed E-state index contributed by atoms with van der Waals surface area (Å²) < 4.78 is 9.15. The molecule has 13 rings (SSSR count). The molecule has 0 radical (unpaired) electrons. The Bertz CT molecular complexity index is 3320. The normalized spacial score (nSPS) is 21.1. The van der Waals surface area contributed by atoms with Gasteiger partial charge >= 0.3 is 0 Å². The van der Waals surface area contributed by atoms with E-state index in [0.29, 0.717) is 5.92 Å². The van der Waals surface area contributed by atoms with E-state index in [1.807, 2.05) is 29.5 Å². The summed E-state index contributed by atoms with van der Waals surface area (Å²) in [6.45, 7) is 2.50. The fourth-order valence-corrected chi connectivity index (χ4v) is 12.9. The lowest BCUT2D eigenvalue weighted by atomic mass is 9.53. The second-order valence-corrected chi connectivity index (χ2v) is 18.5. The van der Waals surface area contributed by atoms with Crippen LogP contribution in [-0.4, -0.2) is 9.97 Å². The van der Waals surface area contributed by atoms with Gasteiger partial charge in [0.25, 0.3) is 0 Å². The Balaban J connectivity index is 0.989. The molecule has 4 unspecified atom stereocenters. The Morgan fingerprint density at radius 3 is 2.29 bits per heavy atom. The van der Waals surface area contributed by atoms with Crippen molar-refractivity contribution in [1.82, 2.24) is 9.97 Å². The summed E-state index contributed by atoms with van der Waals surface area (Å²) in [5.74, 6) is 2.92. The lowest BCUT2D eigenvalue weighted by molar-refractivity contribution is 0.0863. The number of thiophene rings is 1. The van der Waals surface area contributed by atoms with Crippen LogP contribution in [0.4, 0.5) is 0 Å². The highest BCUT2D eigenvalue weighted by molar-refractivity contribution is 7.25. The van der Waals surface area contributed by atoms with Crippen LogP contribution in [0.25, 0.3) is 97.9 Å². The van der Waals surface area contributed by atoms with Crippen molar-refractivity contribution in [1.29, 1.82) is 0 Å². The molecule has 2 bridgehead atoms. The monoisotopic (exact) mass is 764 g/mol. The molecule has 278 valence electrons. The Morgan fingerprint density at radius 2 is 1.36 bits per heavy atom. The van der Waals surface area contributed by atoms with Crippen molar-refractivity contribution in [2.24, 2.45) is 17.8 Å². The SMILES string of the molecule is CC1CC2CCC3(c4cc(-c5ccc6c(c5)sc5ccccc56)ccc4-c4ccc5cc(-c6nc(-c7ccccc7)c7oc8ccccc8c7n6)ccc5c43)C(C1)C2. The van der Waals surface area contributed by atoms with Crippen molar-refractivity contribution in [2.45, 2.75) is 44.4 Å². The van der Waals surface area contributed by atoms with E-state index in [2.05, 4.69) is 134 Å². The maximum Gasteiger partial charge on any atom is 0.180 e. The van der Waals surface area contributed by atoms with Crippen LogP contribution in [0.5, 0.6) is 0 Å². The fourth-order valence-electron chi connectivity index (χ4n) is 11.8. The van der Waals surface area contributed by atoms with E-state index < -0.39 is 0 Å². The van der Waals surface area contributed by atoms with E-state index in [1.54, 1.807) is 11.1 Å². The van der Waals surface area contributed by atoms with Crippen LogP contribution in [0.1, 0.15) is 50.2 Å². The molecule has 0 N–H and O–H groups in total. The first-order valence-corrected chi connectivity index (χ1v) is 21.8. The third-order valence-electron chi connectivity index (χ3n) is 14.2. The van der Waals surface area contributed by atoms with Crippen LogP contribution in [0.2, 0.25) is 0 Å². The third kappa shape index (κ3) is 4.67. The van der Waals surface area contributed by atoms with E-state index in [9.17, 15) is 0 Å². The quantitative estimate of drug-likeness (QED) is 0.180. The van der Waals surface area contributed by atoms with E-state index in [1.165, 1.54) is 85.3 Å². The largest absolute Gasteiger partial charge is 0.452 e. The molecular weight excluding hydrogens is 725 g/mol. The molecule has 3 nitrogen and oxygen atoms in total. The molecule has 3 aliphatic carbocycles. The third-order valence-corrected chi connectivity index (χ3v) is 15.3.